The van der Waals surface area contributed by atoms with E-state index >= 15 is 0 Å². The quantitative estimate of drug-likeness (QED) is 0.391. The van der Waals surface area contributed by atoms with Gasteiger partial charge in [0, 0.05) is 5.56 Å². The molecule has 0 bridgehead atoms. The maximum absolute atomic E-state index is 9.41. The van der Waals surface area contributed by atoms with Crippen molar-refractivity contribution in [1.29, 1.82) is 0 Å². The van der Waals surface area contributed by atoms with Crippen LogP contribution in [0.25, 0.3) is 0 Å². The molecule has 1 rings (SSSR count). The monoisotopic (exact) mass is 174 g/mol. The van der Waals surface area contributed by atoms with Gasteiger partial charge in [-0.1, -0.05) is 30.4 Å². The molecule has 0 aliphatic carbocycles. The molecular formula is C11H12NO. The molecule has 0 fully saturated rings. The van der Waals surface area contributed by atoms with Crippen molar-refractivity contribution < 1.29 is 4.74 Å². The Balaban J connectivity index is 2.49. The van der Waals surface area contributed by atoms with E-state index in [1.54, 1.807) is 12.1 Å². The minimum absolute atomic E-state index is 0.0290. The molecule has 0 N–H and O–H groups in total. The van der Waals surface area contributed by atoms with Crippen molar-refractivity contribution in [2.24, 2.45) is 0 Å². The van der Waals surface area contributed by atoms with Crippen molar-refractivity contribution in [3.05, 3.63) is 48.0 Å². The fourth-order valence-electron chi connectivity index (χ4n) is 0.887. The van der Waals surface area contributed by atoms with Gasteiger partial charge >= 0.3 is 0 Å². The second-order valence-corrected chi connectivity index (χ2v) is 2.55. The van der Waals surface area contributed by atoms with Gasteiger partial charge in [-0.15, -0.1) is 5.41 Å². The van der Waals surface area contributed by atoms with Gasteiger partial charge < -0.3 is 4.74 Å². The van der Waals surface area contributed by atoms with Crippen LogP contribution in [0.3, 0.4) is 0 Å². The fraction of sp³-hybridized carbons (Fsp3) is 0.182. The van der Waals surface area contributed by atoms with Gasteiger partial charge in [0.1, 0.15) is 6.61 Å². The van der Waals surface area contributed by atoms with E-state index in [2.05, 4.69) is 0 Å². The van der Waals surface area contributed by atoms with Gasteiger partial charge in [0.2, 0.25) is 5.90 Å². The molecule has 0 heterocycles. The normalized spacial score (nSPS) is 10.2. The molecule has 0 atom stereocenters. The van der Waals surface area contributed by atoms with Crippen LogP contribution in [0.1, 0.15) is 12.5 Å². The second kappa shape index (κ2) is 5.14. The second-order valence-electron chi connectivity index (χ2n) is 2.55. The zero-order valence-electron chi connectivity index (χ0n) is 7.60. The number of hydrogen-bond donors (Lipinski definition) is 0. The lowest BCUT2D eigenvalue weighted by molar-refractivity contribution is 0.352. The number of benzene rings is 1. The first-order chi connectivity index (χ1) is 6.34. The van der Waals surface area contributed by atoms with Crippen LogP contribution in [0.2, 0.25) is 0 Å². The summed E-state index contributed by atoms with van der Waals surface area (Å²) in [6, 6.07) is 9.19. The minimum Gasteiger partial charge on any atom is -0.472 e. The van der Waals surface area contributed by atoms with E-state index in [9.17, 15) is 5.41 Å². The summed E-state index contributed by atoms with van der Waals surface area (Å²) in [6.07, 6.45) is 3.71. The SMILES string of the molecule is C/C=C/COC(=[N])c1ccccc1. The summed E-state index contributed by atoms with van der Waals surface area (Å²) in [5, 5.41) is 9.41. The lowest BCUT2D eigenvalue weighted by Gasteiger charge is -2.02. The van der Waals surface area contributed by atoms with Crippen LogP contribution < -0.4 is 5.41 Å². The van der Waals surface area contributed by atoms with Crippen molar-refractivity contribution in [2.45, 2.75) is 6.92 Å². The first-order valence-corrected chi connectivity index (χ1v) is 4.20. The third-order valence-corrected chi connectivity index (χ3v) is 1.57. The van der Waals surface area contributed by atoms with Crippen molar-refractivity contribution in [3.63, 3.8) is 0 Å². The first kappa shape index (κ1) is 9.52. The zero-order valence-corrected chi connectivity index (χ0v) is 7.60. The van der Waals surface area contributed by atoms with Crippen LogP contribution in [0, 0.1) is 0 Å². The maximum Gasteiger partial charge on any atom is 0.241 e. The van der Waals surface area contributed by atoms with Crippen molar-refractivity contribution in [3.8, 4) is 0 Å². The molecule has 0 unspecified atom stereocenters. The molecule has 0 aliphatic rings. The highest BCUT2D eigenvalue weighted by molar-refractivity contribution is 5.92. The topological polar surface area (TPSA) is 31.5 Å². The standard InChI is InChI=1S/C11H12NO/c1-2-3-9-13-11(12)10-7-5-4-6-8-10/h2-8H,9H2,1H3/b3-2+. The molecule has 2 heteroatoms. The summed E-state index contributed by atoms with van der Waals surface area (Å²) in [5.74, 6) is -0.0290. The average Bonchev–Trinajstić information content (AvgIpc) is 2.19. The van der Waals surface area contributed by atoms with Crippen LogP contribution in [0.5, 0.6) is 0 Å². The molecule has 0 aromatic heterocycles. The third-order valence-electron chi connectivity index (χ3n) is 1.57. The summed E-state index contributed by atoms with van der Waals surface area (Å²) in [5.41, 5.74) is 0.701. The van der Waals surface area contributed by atoms with Crippen molar-refractivity contribution in [2.75, 3.05) is 6.61 Å². The number of ether oxygens (including phenoxy) is 1. The van der Waals surface area contributed by atoms with Gasteiger partial charge in [-0.25, -0.2) is 0 Å². The maximum atomic E-state index is 9.41. The van der Waals surface area contributed by atoms with Crippen LogP contribution in [0.4, 0.5) is 0 Å². The van der Waals surface area contributed by atoms with Crippen molar-refractivity contribution in [1.82, 2.24) is 5.41 Å². The highest BCUT2D eigenvalue weighted by Gasteiger charge is 1.99. The molecule has 1 aromatic rings. The van der Waals surface area contributed by atoms with E-state index in [4.69, 9.17) is 4.74 Å². The summed E-state index contributed by atoms with van der Waals surface area (Å²) in [7, 11) is 0. The van der Waals surface area contributed by atoms with Crippen molar-refractivity contribution >= 4 is 5.90 Å². The van der Waals surface area contributed by atoms with Crippen LogP contribution in [0.15, 0.2) is 42.5 Å². The summed E-state index contributed by atoms with van der Waals surface area (Å²) < 4.78 is 5.05. The van der Waals surface area contributed by atoms with Gasteiger partial charge in [-0.2, -0.15) is 0 Å². The predicted molar refractivity (Wildman–Crippen MR) is 53.5 cm³/mol. The number of nitrogens with zero attached hydrogens (tertiary/aromatic N) is 1. The van der Waals surface area contributed by atoms with Gasteiger partial charge in [0.25, 0.3) is 0 Å². The van der Waals surface area contributed by atoms with E-state index in [-0.39, 0.29) is 5.90 Å². The number of allylic oxidation sites excluding steroid dienone is 1. The Labute approximate surface area is 78.4 Å². The molecule has 0 saturated heterocycles. The zero-order chi connectivity index (χ0) is 9.52. The lowest BCUT2D eigenvalue weighted by Crippen LogP contribution is -2.07. The number of hydrogen-bond acceptors (Lipinski definition) is 1. The molecule has 0 spiro atoms. The van der Waals surface area contributed by atoms with E-state index in [0.29, 0.717) is 12.2 Å². The molecule has 13 heavy (non-hydrogen) atoms. The van der Waals surface area contributed by atoms with Crippen LogP contribution >= 0.6 is 0 Å². The summed E-state index contributed by atoms with van der Waals surface area (Å²) >= 11 is 0. The molecule has 0 saturated carbocycles. The fourth-order valence-corrected chi connectivity index (χ4v) is 0.887. The molecule has 67 valence electrons. The van der Waals surface area contributed by atoms with E-state index in [1.165, 1.54) is 0 Å². The number of rotatable bonds is 3. The van der Waals surface area contributed by atoms with E-state index in [0.717, 1.165) is 0 Å². The summed E-state index contributed by atoms with van der Waals surface area (Å²) in [4.78, 5) is 0. The van der Waals surface area contributed by atoms with Gasteiger partial charge in [-0.3, -0.25) is 0 Å². The third kappa shape index (κ3) is 3.11. The molecule has 1 radical (unpaired) electrons. The molecule has 0 aliphatic heterocycles. The largest absolute Gasteiger partial charge is 0.472 e. The first-order valence-electron chi connectivity index (χ1n) is 4.20. The Hall–Kier alpha value is -1.57. The Morgan fingerprint density at radius 2 is 2.08 bits per heavy atom. The smallest absolute Gasteiger partial charge is 0.241 e. The Morgan fingerprint density at radius 3 is 2.69 bits per heavy atom. The Morgan fingerprint density at radius 1 is 1.38 bits per heavy atom. The Kier molecular flexibility index (Phi) is 3.76. The van der Waals surface area contributed by atoms with E-state index in [1.807, 2.05) is 37.3 Å². The highest BCUT2D eigenvalue weighted by atomic mass is 16.5. The van der Waals surface area contributed by atoms with Gasteiger partial charge in [0.05, 0.1) is 0 Å². The minimum atomic E-state index is -0.0290. The molecule has 2 nitrogen and oxygen atoms in total. The lowest BCUT2D eigenvalue weighted by atomic mass is 10.2. The van der Waals surface area contributed by atoms with Gasteiger partial charge in [-0.05, 0) is 19.1 Å². The predicted octanol–water partition coefficient (Wildman–Crippen LogP) is 1.83. The Bertz CT molecular complexity index is 290. The molecule has 0 amide bonds. The average molecular weight is 174 g/mol. The molecular weight excluding hydrogens is 162 g/mol. The van der Waals surface area contributed by atoms with Crippen LogP contribution in [-0.2, 0) is 4.74 Å². The van der Waals surface area contributed by atoms with Gasteiger partial charge in [0.15, 0.2) is 0 Å². The van der Waals surface area contributed by atoms with E-state index < -0.39 is 0 Å². The van der Waals surface area contributed by atoms with Crippen LogP contribution in [-0.4, -0.2) is 12.5 Å². The summed E-state index contributed by atoms with van der Waals surface area (Å²) in [6.45, 7) is 2.31. The molecule has 1 aromatic carbocycles. The highest BCUT2D eigenvalue weighted by Crippen LogP contribution is 1.99.